The molecule has 1 saturated heterocycles. The Labute approximate surface area is 124 Å². The fourth-order valence-corrected chi connectivity index (χ4v) is 2.52. The number of carbonyl (C=O) groups excluding carboxylic acids is 1. The number of nitro benzene ring substituents is 1. The van der Waals surface area contributed by atoms with Gasteiger partial charge in [-0.3, -0.25) is 14.9 Å². The monoisotopic (exact) mass is 291 g/mol. The molecule has 0 radical (unpaired) electrons. The number of aryl methyl sites for hydroxylation is 2. The summed E-state index contributed by atoms with van der Waals surface area (Å²) in [4.78, 5) is 23.0. The van der Waals surface area contributed by atoms with Gasteiger partial charge in [-0.15, -0.1) is 0 Å². The number of benzene rings is 1. The van der Waals surface area contributed by atoms with Gasteiger partial charge in [-0.1, -0.05) is 12.8 Å². The van der Waals surface area contributed by atoms with Crippen molar-refractivity contribution < 1.29 is 9.72 Å². The second-order valence-electron chi connectivity index (χ2n) is 5.56. The quantitative estimate of drug-likeness (QED) is 0.662. The van der Waals surface area contributed by atoms with Crippen LogP contribution in [-0.2, 0) is 4.79 Å². The summed E-state index contributed by atoms with van der Waals surface area (Å²) in [6, 6.07) is 2.90. The van der Waals surface area contributed by atoms with Gasteiger partial charge in [-0.25, -0.2) is 0 Å². The predicted octanol–water partition coefficient (Wildman–Crippen LogP) is 2.68. The normalized spacial score (nSPS) is 18.9. The van der Waals surface area contributed by atoms with E-state index >= 15 is 0 Å². The van der Waals surface area contributed by atoms with Crippen LogP contribution in [0.2, 0.25) is 0 Å². The lowest BCUT2D eigenvalue weighted by Gasteiger charge is -2.16. The average molecular weight is 291 g/mol. The van der Waals surface area contributed by atoms with E-state index in [1.165, 1.54) is 6.07 Å². The van der Waals surface area contributed by atoms with Gasteiger partial charge in [0.15, 0.2) is 0 Å². The van der Waals surface area contributed by atoms with Crippen molar-refractivity contribution in [3.05, 3.63) is 33.4 Å². The van der Waals surface area contributed by atoms with Crippen molar-refractivity contribution in [2.75, 3.05) is 11.9 Å². The van der Waals surface area contributed by atoms with E-state index in [4.69, 9.17) is 0 Å². The molecule has 2 rings (SSSR count). The van der Waals surface area contributed by atoms with Gasteiger partial charge >= 0.3 is 0 Å². The van der Waals surface area contributed by atoms with Crippen LogP contribution in [0.1, 0.15) is 36.8 Å². The molecule has 0 saturated carbocycles. The van der Waals surface area contributed by atoms with E-state index in [1.54, 1.807) is 6.07 Å². The van der Waals surface area contributed by atoms with Crippen molar-refractivity contribution >= 4 is 17.3 Å². The highest BCUT2D eigenvalue weighted by Crippen LogP contribution is 2.28. The minimum atomic E-state index is -0.456. The molecule has 6 nitrogen and oxygen atoms in total. The van der Waals surface area contributed by atoms with Gasteiger partial charge in [0.25, 0.3) is 5.69 Å². The fourth-order valence-electron chi connectivity index (χ4n) is 2.52. The van der Waals surface area contributed by atoms with Crippen molar-refractivity contribution in [1.82, 2.24) is 5.32 Å². The Hall–Kier alpha value is -1.95. The molecule has 1 aromatic carbocycles. The van der Waals surface area contributed by atoms with Crippen molar-refractivity contribution in [2.24, 2.45) is 0 Å². The number of hydrogen-bond acceptors (Lipinski definition) is 4. The van der Waals surface area contributed by atoms with Gasteiger partial charge < -0.3 is 10.6 Å². The highest BCUT2D eigenvalue weighted by molar-refractivity contribution is 5.97. The third kappa shape index (κ3) is 3.78. The van der Waals surface area contributed by atoms with E-state index in [0.29, 0.717) is 0 Å². The van der Waals surface area contributed by atoms with Crippen molar-refractivity contribution in [2.45, 2.75) is 45.6 Å². The van der Waals surface area contributed by atoms with Crippen LogP contribution < -0.4 is 10.6 Å². The van der Waals surface area contributed by atoms with Gasteiger partial charge in [-0.2, -0.15) is 0 Å². The molecule has 114 valence electrons. The number of nitrogens with zero attached hydrogens (tertiary/aromatic N) is 1. The summed E-state index contributed by atoms with van der Waals surface area (Å²) in [5.74, 6) is -0.191. The van der Waals surface area contributed by atoms with Crippen molar-refractivity contribution in [3.8, 4) is 0 Å². The Balaban J connectivity index is 2.19. The first-order valence-corrected chi connectivity index (χ1v) is 7.29. The lowest BCUT2D eigenvalue weighted by atomic mass is 10.1. The number of anilines is 1. The van der Waals surface area contributed by atoms with Gasteiger partial charge in [0, 0.05) is 6.07 Å². The SMILES string of the molecule is Cc1cc(NC(=O)C2CCCCCN2)c([N+](=O)[O-])cc1C. The van der Waals surface area contributed by atoms with Gasteiger partial charge in [-0.05, 0) is 50.4 Å². The summed E-state index contributed by atoms with van der Waals surface area (Å²) < 4.78 is 0. The smallest absolute Gasteiger partial charge is 0.293 e. The summed E-state index contributed by atoms with van der Waals surface area (Å²) in [5, 5.41) is 17.0. The first kappa shape index (κ1) is 15.4. The summed E-state index contributed by atoms with van der Waals surface area (Å²) in [7, 11) is 0. The zero-order valence-electron chi connectivity index (χ0n) is 12.4. The number of carbonyl (C=O) groups is 1. The van der Waals surface area contributed by atoms with Crippen molar-refractivity contribution in [3.63, 3.8) is 0 Å². The summed E-state index contributed by atoms with van der Waals surface area (Å²) in [6.07, 6.45) is 3.94. The maximum absolute atomic E-state index is 12.3. The number of nitro groups is 1. The second-order valence-corrected chi connectivity index (χ2v) is 5.56. The standard InChI is InChI=1S/C15H21N3O3/c1-10-8-13(14(18(20)21)9-11(10)2)17-15(19)12-6-4-3-5-7-16-12/h8-9,12,16H,3-7H2,1-2H3,(H,17,19). The van der Waals surface area contributed by atoms with Crippen LogP contribution in [0, 0.1) is 24.0 Å². The van der Waals surface area contributed by atoms with E-state index in [-0.39, 0.29) is 23.3 Å². The predicted molar refractivity (Wildman–Crippen MR) is 81.5 cm³/mol. The van der Waals surface area contributed by atoms with E-state index < -0.39 is 4.92 Å². The average Bonchev–Trinajstić information content (AvgIpc) is 2.71. The van der Waals surface area contributed by atoms with Crippen LogP contribution in [0.5, 0.6) is 0 Å². The molecule has 21 heavy (non-hydrogen) atoms. The maximum Gasteiger partial charge on any atom is 0.293 e. The van der Waals surface area contributed by atoms with Crippen LogP contribution in [0.15, 0.2) is 12.1 Å². The number of nitrogens with one attached hydrogen (secondary N) is 2. The van der Waals surface area contributed by atoms with Crippen molar-refractivity contribution in [1.29, 1.82) is 0 Å². The molecule has 1 aliphatic heterocycles. The Morgan fingerprint density at radius 3 is 2.71 bits per heavy atom. The Morgan fingerprint density at radius 1 is 1.29 bits per heavy atom. The zero-order chi connectivity index (χ0) is 15.4. The lowest BCUT2D eigenvalue weighted by Crippen LogP contribution is -2.39. The molecule has 1 amide bonds. The molecule has 1 heterocycles. The Kier molecular flexibility index (Phi) is 4.90. The van der Waals surface area contributed by atoms with Crippen LogP contribution in [0.25, 0.3) is 0 Å². The Bertz CT molecular complexity index is 549. The summed E-state index contributed by atoms with van der Waals surface area (Å²) in [5.41, 5.74) is 1.98. The maximum atomic E-state index is 12.3. The van der Waals surface area contributed by atoms with Crippen LogP contribution in [-0.4, -0.2) is 23.4 Å². The third-order valence-electron chi connectivity index (χ3n) is 3.94. The largest absolute Gasteiger partial charge is 0.319 e. The van der Waals surface area contributed by atoms with Gasteiger partial charge in [0.2, 0.25) is 5.91 Å². The number of amides is 1. The van der Waals surface area contributed by atoms with E-state index in [9.17, 15) is 14.9 Å². The molecular formula is C15H21N3O3. The highest BCUT2D eigenvalue weighted by Gasteiger charge is 2.23. The van der Waals surface area contributed by atoms with E-state index in [2.05, 4.69) is 10.6 Å². The molecule has 1 aromatic rings. The summed E-state index contributed by atoms with van der Waals surface area (Å²) in [6.45, 7) is 4.51. The van der Waals surface area contributed by atoms with E-state index in [1.807, 2.05) is 13.8 Å². The molecular weight excluding hydrogens is 270 g/mol. The minimum Gasteiger partial charge on any atom is -0.319 e. The minimum absolute atomic E-state index is 0.0555. The molecule has 1 atom stereocenters. The molecule has 2 N–H and O–H groups in total. The topological polar surface area (TPSA) is 84.3 Å². The number of rotatable bonds is 3. The first-order chi connectivity index (χ1) is 9.99. The Morgan fingerprint density at radius 2 is 2.00 bits per heavy atom. The van der Waals surface area contributed by atoms with Gasteiger partial charge in [0.1, 0.15) is 5.69 Å². The second kappa shape index (κ2) is 6.67. The molecule has 1 unspecified atom stereocenters. The molecule has 1 aliphatic rings. The lowest BCUT2D eigenvalue weighted by molar-refractivity contribution is -0.384. The number of hydrogen-bond donors (Lipinski definition) is 2. The highest BCUT2D eigenvalue weighted by atomic mass is 16.6. The van der Waals surface area contributed by atoms with E-state index in [0.717, 1.165) is 43.4 Å². The van der Waals surface area contributed by atoms with Gasteiger partial charge in [0.05, 0.1) is 11.0 Å². The van der Waals surface area contributed by atoms with Crippen LogP contribution in [0.4, 0.5) is 11.4 Å². The molecule has 6 heteroatoms. The van der Waals surface area contributed by atoms with Crippen LogP contribution in [0.3, 0.4) is 0 Å². The molecule has 0 aliphatic carbocycles. The molecule has 0 aromatic heterocycles. The molecule has 0 bridgehead atoms. The summed E-state index contributed by atoms with van der Waals surface area (Å²) >= 11 is 0. The first-order valence-electron chi connectivity index (χ1n) is 7.29. The fraction of sp³-hybridized carbons (Fsp3) is 0.533. The molecule has 1 fully saturated rings. The van der Waals surface area contributed by atoms with Crippen LogP contribution >= 0.6 is 0 Å². The third-order valence-corrected chi connectivity index (χ3v) is 3.94. The zero-order valence-corrected chi connectivity index (χ0v) is 12.4. The molecule has 0 spiro atoms.